The van der Waals surface area contributed by atoms with Gasteiger partial charge in [-0.2, -0.15) is 0 Å². The molecule has 1 aromatic heterocycles. The van der Waals surface area contributed by atoms with Crippen molar-refractivity contribution >= 4 is 46.3 Å². The molecular formula is C13H14ClN3OS2. The van der Waals surface area contributed by atoms with Gasteiger partial charge in [0.25, 0.3) is 0 Å². The molecule has 0 unspecified atom stereocenters. The molecule has 0 radical (unpaired) electrons. The normalized spacial score (nSPS) is 12.2. The van der Waals surface area contributed by atoms with Gasteiger partial charge in [-0.1, -0.05) is 40.8 Å². The van der Waals surface area contributed by atoms with E-state index in [9.17, 15) is 4.79 Å². The van der Waals surface area contributed by atoms with Gasteiger partial charge in [0.15, 0.2) is 4.34 Å². The molecule has 0 bridgehead atoms. The first kappa shape index (κ1) is 15.3. The third-order valence-electron chi connectivity index (χ3n) is 2.68. The summed E-state index contributed by atoms with van der Waals surface area (Å²) in [5.41, 5.74) is 1.61. The van der Waals surface area contributed by atoms with E-state index in [1.54, 1.807) is 6.07 Å². The van der Waals surface area contributed by atoms with Crippen LogP contribution in [-0.2, 0) is 4.79 Å². The third kappa shape index (κ3) is 3.71. The van der Waals surface area contributed by atoms with Crippen LogP contribution in [0.2, 0.25) is 5.02 Å². The van der Waals surface area contributed by atoms with Gasteiger partial charge in [0.05, 0.1) is 5.25 Å². The number of carbonyl (C=O) groups is 1. The maximum Gasteiger partial charge on any atom is 0.237 e. The fraction of sp³-hybridized carbons (Fsp3) is 0.308. The Balaban J connectivity index is 2.02. The number of hydrogen-bond donors (Lipinski definition) is 1. The Kier molecular flexibility index (Phi) is 5.01. The highest BCUT2D eigenvalue weighted by molar-refractivity contribution is 8.02. The number of aromatic nitrogens is 2. The Morgan fingerprint density at radius 3 is 2.80 bits per heavy atom. The van der Waals surface area contributed by atoms with Crippen LogP contribution in [0.4, 0.5) is 5.69 Å². The van der Waals surface area contributed by atoms with Gasteiger partial charge in [0.2, 0.25) is 5.91 Å². The number of hydrogen-bond acceptors (Lipinski definition) is 5. The van der Waals surface area contributed by atoms with Crippen LogP contribution in [0.1, 0.15) is 17.5 Å². The number of thioether (sulfide) groups is 1. The molecule has 0 aliphatic carbocycles. The largest absolute Gasteiger partial charge is 0.325 e. The second-order valence-electron chi connectivity index (χ2n) is 4.25. The average Bonchev–Trinajstić information content (AvgIpc) is 2.80. The fourth-order valence-electron chi connectivity index (χ4n) is 1.51. The second-order valence-corrected chi connectivity index (χ2v) is 7.43. The summed E-state index contributed by atoms with van der Waals surface area (Å²) < 4.78 is 0.799. The van der Waals surface area contributed by atoms with Gasteiger partial charge in [0.1, 0.15) is 5.01 Å². The molecule has 0 spiro atoms. The second kappa shape index (κ2) is 6.56. The summed E-state index contributed by atoms with van der Waals surface area (Å²) in [5.74, 6) is -0.0757. The predicted octanol–water partition coefficient (Wildman–Crippen LogP) is 3.93. The van der Waals surface area contributed by atoms with E-state index in [1.165, 1.54) is 23.1 Å². The molecular weight excluding hydrogens is 314 g/mol. The number of anilines is 1. The summed E-state index contributed by atoms with van der Waals surface area (Å²) in [6, 6.07) is 5.46. The predicted molar refractivity (Wildman–Crippen MR) is 84.8 cm³/mol. The standard InChI is InChI=1S/C13H14ClN3OS2/c1-7-10(14)5-4-6-11(7)15-12(18)8(2)19-13-17-16-9(3)20-13/h4-6,8H,1-3H3,(H,15,18)/t8-/m1/s1. The van der Waals surface area contributed by atoms with Crippen LogP contribution in [0.3, 0.4) is 0 Å². The molecule has 7 heteroatoms. The van der Waals surface area contributed by atoms with E-state index in [4.69, 9.17) is 11.6 Å². The first-order valence-electron chi connectivity index (χ1n) is 6.00. The van der Waals surface area contributed by atoms with Crippen LogP contribution >= 0.6 is 34.7 Å². The quantitative estimate of drug-likeness (QED) is 0.864. The summed E-state index contributed by atoms with van der Waals surface area (Å²) in [4.78, 5) is 12.2. The Bertz CT molecular complexity index is 630. The van der Waals surface area contributed by atoms with Crippen molar-refractivity contribution in [1.29, 1.82) is 0 Å². The first-order chi connectivity index (χ1) is 9.47. The Hall–Kier alpha value is -1.11. The van der Waals surface area contributed by atoms with Crippen LogP contribution in [0, 0.1) is 13.8 Å². The van der Waals surface area contributed by atoms with E-state index < -0.39 is 0 Å². The van der Waals surface area contributed by atoms with Gasteiger partial charge >= 0.3 is 0 Å². The molecule has 1 aromatic carbocycles. The number of nitrogens with one attached hydrogen (secondary N) is 1. The highest BCUT2D eigenvalue weighted by Crippen LogP contribution is 2.28. The van der Waals surface area contributed by atoms with Crippen molar-refractivity contribution < 1.29 is 4.79 Å². The summed E-state index contributed by atoms with van der Waals surface area (Å²) in [6.45, 7) is 5.61. The molecule has 106 valence electrons. The molecule has 1 N–H and O–H groups in total. The van der Waals surface area contributed by atoms with Crippen LogP contribution in [-0.4, -0.2) is 21.4 Å². The van der Waals surface area contributed by atoms with Gasteiger partial charge in [-0.3, -0.25) is 4.79 Å². The molecule has 0 aliphatic rings. The van der Waals surface area contributed by atoms with Crippen molar-refractivity contribution in [3.8, 4) is 0 Å². The van der Waals surface area contributed by atoms with Crippen molar-refractivity contribution in [2.75, 3.05) is 5.32 Å². The molecule has 2 rings (SSSR count). The maximum atomic E-state index is 12.2. The number of amides is 1. The number of aryl methyl sites for hydroxylation is 1. The zero-order valence-corrected chi connectivity index (χ0v) is 13.7. The molecule has 2 aromatic rings. The topological polar surface area (TPSA) is 54.9 Å². The van der Waals surface area contributed by atoms with E-state index in [0.717, 1.165) is 20.6 Å². The van der Waals surface area contributed by atoms with Crippen molar-refractivity contribution in [3.05, 3.63) is 33.8 Å². The van der Waals surface area contributed by atoms with E-state index in [-0.39, 0.29) is 11.2 Å². The van der Waals surface area contributed by atoms with E-state index in [0.29, 0.717) is 5.02 Å². The molecule has 1 atom stereocenters. The van der Waals surface area contributed by atoms with Crippen molar-refractivity contribution in [2.45, 2.75) is 30.4 Å². The number of nitrogens with zero attached hydrogens (tertiary/aromatic N) is 2. The van der Waals surface area contributed by atoms with Gasteiger partial charge < -0.3 is 5.32 Å². The van der Waals surface area contributed by atoms with Crippen molar-refractivity contribution in [3.63, 3.8) is 0 Å². The average molecular weight is 328 g/mol. The summed E-state index contributed by atoms with van der Waals surface area (Å²) in [5, 5.41) is 12.1. The summed E-state index contributed by atoms with van der Waals surface area (Å²) in [7, 11) is 0. The Morgan fingerprint density at radius 2 is 2.15 bits per heavy atom. The molecule has 1 heterocycles. The zero-order valence-electron chi connectivity index (χ0n) is 11.3. The summed E-state index contributed by atoms with van der Waals surface area (Å²) >= 11 is 8.92. The van der Waals surface area contributed by atoms with Crippen LogP contribution < -0.4 is 5.32 Å². The van der Waals surface area contributed by atoms with E-state index >= 15 is 0 Å². The van der Waals surface area contributed by atoms with Gasteiger partial charge in [-0.25, -0.2) is 0 Å². The van der Waals surface area contributed by atoms with Gasteiger partial charge in [-0.15, -0.1) is 10.2 Å². The highest BCUT2D eigenvalue weighted by atomic mass is 35.5. The van der Waals surface area contributed by atoms with Gasteiger partial charge in [-0.05, 0) is 38.5 Å². The first-order valence-corrected chi connectivity index (χ1v) is 8.07. The summed E-state index contributed by atoms with van der Waals surface area (Å²) in [6.07, 6.45) is 0. The molecule has 20 heavy (non-hydrogen) atoms. The minimum atomic E-state index is -0.249. The Labute approximate surface area is 130 Å². The third-order valence-corrected chi connectivity index (χ3v) is 5.11. The lowest BCUT2D eigenvalue weighted by Gasteiger charge is -2.12. The monoisotopic (exact) mass is 327 g/mol. The lowest BCUT2D eigenvalue weighted by atomic mass is 10.2. The van der Waals surface area contributed by atoms with Gasteiger partial charge in [0, 0.05) is 10.7 Å². The van der Waals surface area contributed by atoms with Crippen LogP contribution in [0.5, 0.6) is 0 Å². The van der Waals surface area contributed by atoms with Crippen LogP contribution in [0.25, 0.3) is 0 Å². The minimum Gasteiger partial charge on any atom is -0.325 e. The van der Waals surface area contributed by atoms with Crippen molar-refractivity contribution in [2.24, 2.45) is 0 Å². The fourth-order valence-corrected chi connectivity index (χ4v) is 3.64. The SMILES string of the molecule is Cc1nnc(S[C@H](C)C(=O)Nc2cccc(Cl)c2C)s1. The molecule has 0 aliphatic heterocycles. The minimum absolute atomic E-state index is 0.0757. The Morgan fingerprint density at radius 1 is 1.40 bits per heavy atom. The molecule has 0 saturated heterocycles. The van der Waals surface area contributed by atoms with Crippen molar-refractivity contribution in [1.82, 2.24) is 10.2 Å². The van der Waals surface area contributed by atoms with E-state index in [2.05, 4.69) is 15.5 Å². The maximum absolute atomic E-state index is 12.2. The van der Waals surface area contributed by atoms with E-state index in [1.807, 2.05) is 32.9 Å². The number of carbonyl (C=O) groups excluding carboxylic acids is 1. The molecule has 0 fully saturated rings. The number of rotatable bonds is 4. The lowest BCUT2D eigenvalue weighted by Crippen LogP contribution is -2.22. The molecule has 4 nitrogen and oxygen atoms in total. The lowest BCUT2D eigenvalue weighted by molar-refractivity contribution is -0.115. The zero-order chi connectivity index (χ0) is 14.7. The molecule has 0 saturated carbocycles. The number of halogens is 1. The number of benzene rings is 1. The molecule has 1 amide bonds. The van der Waals surface area contributed by atoms with Crippen LogP contribution in [0.15, 0.2) is 22.5 Å². The highest BCUT2D eigenvalue weighted by Gasteiger charge is 2.17. The smallest absolute Gasteiger partial charge is 0.237 e.